The smallest absolute Gasteiger partial charge is 0.478 e. The molecule has 0 unspecified atom stereocenters. The van der Waals surface area contributed by atoms with E-state index in [0.717, 1.165) is 5.75 Å². The van der Waals surface area contributed by atoms with Crippen LogP contribution in [0.3, 0.4) is 0 Å². The minimum atomic E-state index is -1.06. The van der Waals surface area contributed by atoms with Crippen molar-refractivity contribution < 1.29 is 33.6 Å². The number of carboxylic acids is 1. The molecule has 1 aliphatic heterocycles. The molecule has 0 spiro atoms. The predicted octanol–water partition coefficient (Wildman–Crippen LogP) is -1.46. The first-order valence-corrected chi connectivity index (χ1v) is 6.05. The van der Waals surface area contributed by atoms with E-state index in [-0.39, 0.29) is 35.9 Å². The largest absolute Gasteiger partial charge is 1.00 e. The number of aromatic carboxylic acids is 1. The van der Waals surface area contributed by atoms with Crippen LogP contribution in [0.25, 0.3) is 0 Å². The van der Waals surface area contributed by atoms with Gasteiger partial charge in [0.25, 0.3) is 5.91 Å². The van der Waals surface area contributed by atoms with E-state index in [1.807, 2.05) is 0 Å². The van der Waals surface area contributed by atoms with Gasteiger partial charge < -0.3 is 10.0 Å². The van der Waals surface area contributed by atoms with Gasteiger partial charge in [0.05, 0.1) is 17.0 Å². The fraction of sp³-hybridized carbons (Fsp3) is 0.273. The van der Waals surface area contributed by atoms with E-state index in [9.17, 15) is 9.59 Å². The number of carbonyl (C=O) groups is 2. The zero-order chi connectivity index (χ0) is 11.5. The van der Waals surface area contributed by atoms with Crippen LogP contribution in [0.15, 0.2) is 24.3 Å². The number of benzene rings is 1. The molecule has 17 heavy (non-hydrogen) atoms. The third-order valence-electron chi connectivity index (χ3n) is 2.43. The summed E-state index contributed by atoms with van der Waals surface area (Å²) in [5.41, 5.74) is 0.349. The summed E-state index contributed by atoms with van der Waals surface area (Å²) in [6.07, 6.45) is 0. The van der Waals surface area contributed by atoms with Crippen molar-refractivity contribution in [3.8, 4) is 0 Å². The van der Waals surface area contributed by atoms with Gasteiger partial charge in [0, 0.05) is 12.3 Å². The number of carbonyl (C=O) groups excluding carboxylic acids is 1. The number of thioether (sulfide) groups is 1. The molecule has 0 aromatic heterocycles. The van der Waals surface area contributed by atoms with Gasteiger partial charge in [0.15, 0.2) is 0 Å². The van der Waals surface area contributed by atoms with Crippen molar-refractivity contribution in [2.24, 2.45) is 0 Å². The Bertz CT molecular complexity index is 432. The monoisotopic (exact) mass is 244 g/mol. The van der Waals surface area contributed by atoms with Crippen LogP contribution in [0.5, 0.6) is 0 Å². The normalized spacial score (nSPS) is 14.2. The van der Waals surface area contributed by atoms with Crippen LogP contribution in [-0.4, -0.2) is 40.1 Å². The van der Waals surface area contributed by atoms with E-state index in [1.165, 1.54) is 6.07 Å². The summed E-state index contributed by atoms with van der Waals surface area (Å²) in [6.45, 7) is 0.692. The maximum atomic E-state index is 12.0. The quantitative estimate of drug-likeness (QED) is 0.646. The fourth-order valence-electron chi connectivity index (χ4n) is 1.60. The van der Waals surface area contributed by atoms with E-state index < -0.39 is 5.97 Å². The van der Waals surface area contributed by atoms with Gasteiger partial charge in [-0.15, -0.1) is 11.8 Å². The molecule has 1 aromatic rings. The Morgan fingerprint density at radius 1 is 1.24 bits per heavy atom. The van der Waals surface area contributed by atoms with Crippen molar-refractivity contribution in [1.82, 2.24) is 4.90 Å². The Hall–Kier alpha value is -0.893. The van der Waals surface area contributed by atoms with Crippen LogP contribution >= 0.6 is 11.8 Å². The predicted molar refractivity (Wildman–Crippen MR) is 61.8 cm³/mol. The van der Waals surface area contributed by atoms with Crippen molar-refractivity contribution in [3.05, 3.63) is 35.4 Å². The molecule has 0 saturated carbocycles. The van der Waals surface area contributed by atoms with Crippen LogP contribution in [0.1, 0.15) is 20.7 Å². The topological polar surface area (TPSA) is 57.6 Å². The molecular weight excluding hydrogens is 233 g/mol. The molecule has 1 saturated heterocycles. The Morgan fingerprint density at radius 2 is 1.88 bits per heavy atom. The molecule has 4 nitrogen and oxygen atoms in total. The maximum Gasteiger partial charge on any atom is 1.00 e. The number of amides is 1. The van der Waals surface area contributed by atoms with E-state index in [0.29, 0.717) is 12.4 Å². The minimum Gasteiger partial charge on any atom is -0.478 e. The van der Waals surface area contributed by atoms with Crippen LogP contribution < -0.4 is 18.9 Å². The second kappa shape index (κ2) is 6.15. The van der Waals surface area contributed by atoms with Crippen molar-refractivity contribution in [2.45, 2.75) is 0 Å². The van der Waals surface area contributed by atoms with E-state index in [2.05, 4.69) is 0 Å². The molecule has 1 N–H and O–H groups in total. The summed E-state index contributed by atoms with van der Waals surface area (Å²) in [5, 5.41) is 8.98. The Balaban J connectivity index is 0.00000144. The second-order valence-electron chi connectivity index (χ2n) is 3.46. The molecule has 0 aliphatic carbocycles. The molecule has 0 radical (unpaired) electrons. The number of carboxylic acid groups (broad SMARTS) is 1. The summed E-state index contributed by atoms with van der Waals surface area (Å²) in [5.74, 6) is 0.312. The molecule has 1 aliphatic rings. The summed E-state index contributed by atoms with van der Waals surface area (Å²) < 4.78 is 0. The Labute approximate surface area is 116 Å². The molecule has 6 heteroatoms. The van der Waals surface area contributed by atoms with Crippen LogP contribution in [0.4, 0.5) is 0 Å². The standard InChI is InChI=1S/C11H11NO3S.Li/c13-10(12-5-6-16-7-12)8-3-1-2-4-9(8)11(14)15;/h1-4H,5-7H2,(H,14,15);/q;+1. The van der Waals surface area contributed by atoms with Gasteiger partial charge in [0.1, 0.15) is 0 Å². The second-order valence-corrected chi connectivity index (χ2v) is 4.53. The first-order chi connectivity index (χ1) is 7.70. The fourth-order valence-corrected chi connectivity index (χ4v) is 2.55. The number of rotatable bonds is 2. The molecular formula is C11H11LiNO3S+. The van der Waals surface area contributed by atoms with Gasteiger partial charge in [-0.2, -0.15) is 0 Å². The van der Waals surface area contributed by atoms with Gasteiger partial charge in [-0.1, -0.05) is 12.1 Å². The minimum absolute atomic E-state index is 0. The zero-order valence-corrected chi connectivity index (χ0v) is 10.4. The summed E-state index contributed by atoms with van der Waals surface area (Å²) >= 11 is 1.68. The van der Waals surface area contributed by atoms with Crippen LogP contribution in [-0.2, 0) is 0 Å². The molecule has 0 bridgehead atoms. The summed E-state index contributed by atoms with van der Waals surface area (Å²) in [7, 11) is 0. The van der Waals surface area contributed by atoms with Gasteiger partial charge in [-0.25, -0.2) is 4.79 Å². The van der Waals surface area contributed by atoms with Crippen LogP contribution in [0.2, 0.25) is 0 Å². The van der Waals surface area contributed by atoms with Gasteiger partial charge >= 0.3 is 24.8 Å². The van der Waals surface area contributed by atoms with E-state index in [1.54, 1.807) is 34.9 Å². The van der Waals surface area contributed by atoms with Gasteiger partial charge in [-0.05, 0) is 12.1 Å². The van der Waals surface area contributed by atoms with Crippen molar-refractivity contribution in [2.75, 3.05) is 18.2 Å². The molecule has 84 valence electrons. The molecule has 1 amide bonds. The van der Waals surface area contributed by atoms with E-state index in [4.69, 9.17) is 5.11 Å². The summed E-state index contributed by atoms with van der Waals surface area (Å²) in [6, 6.07) is 6.33. The van der Waals surface area contributed by atoms with Gasteiger partial charge in [-0.3, -0.25) is 4.79 Å². The Morgan fingerprint density at radius 3 is 2.41 bits per heavy atom. The van der Waals surface area contributed by atoms with Crippen LogP contribution in [0, 0.1) is 0 Å². The number of nitrogens with zero attached hydrogens (tertiary/aromatic N) is 1. The molecule has 1 aromatic carbocycles. The number of hydrogen-bond donors (Lipinski definition) is 1. The van der Waals surface area contributed by atoms with Crippen molar-refractivity contribution in [3.63, 3.8) is 0 Å². The molecule has 1 fully saturated rings. The van der Waals surface area contributed by atoms with E-state index >= 15 is 0 Å². The average molecular weight is 244 g/mol. The molecule has 1 heterocycles. The average Bonchev–Trinajstić information content (AvgIpc) is 2.81. The van der Waals surface area contributed by atoms with Crippen molar-refractivity contribution >= 4 is 23.6 Å². The molecule has 0 atom stereocenters. The Kier molecular flexibility index (Phi) is 5.13. The zero-order valence-electron chi connectivity index (χ0n) is 9.55. The first kappa shape index (κ1) is 14.2. The first-order valence-electron chi connectivity index (χ1n) is 4.89. The van der Waals surface area contributed by atoms with Gasteiger partial charge in [0.2, 0.25) is 0 Å². The summed E-state index contributed by atoms with van der Waals surface area (Å²) in [4.78, 5) is 24.7. The molecule has 2 rings (SSSR count). The third-order valence-corrected chi connectivity index (χ3v) is 3.39. The van der Waals surface area contributed by atoms with Crippen molar-refractivity contribution in [1.29, 1.82) is 0 Å². The third kappa shape index (κ3) is 3.06. The maximum absolute atomic E-state index is 12.0. The number of hydrogen-bond acceptors (Lipinski definition) is 3. The SMILES string of the molecule is O=C(O)c1ccccc1C(=O)N1CCSC1.[Li+].